The zero-order chi connectivity index (χ0) is 17.9. The minimum Gasteiger partial charge on any atom is -0.327 e. The number of halogens is 1. The van der Waals surface area contributed by atoms with E-state index >= 15 is 0 Å². The number of quaternary nitrogens is 1. The molecule has 134 valence electrons. The Bertz CT molecular complexity index is 917. The molecule has 1 aromatic heterocycles. The van der Waals surface area contributed by atoms with E-state index in [4.69, 9.17) is 0 Å². The number of benzene rings is 2. The molecule has 0 aliphatic carbocycles. The van der Waals surface area contributed by atoms with Gasteiger partial charge in [-0.15, -0.1) is 5.10 Å². The van der Waals surface area contributed by atoms with E-state index in [1.165, 1.54) is 4.90 Å². The molecule has 2 heterocycles. The second kappa shape index (κ2) is 7.55. The van der Waals surface area contributed by atoms with Crippen molar-refractivity contribution in [2.75, 3.05) is 25.0 Å². The summed E-state index contributed by atoms with van der Waals surface area (Å²) < 4.78 is 2.95. The topological polar surface area (TPSA) is 64.2 Å². The number of piperidine rings is 1. The van der Waals surface area contributed by atoms with Crippen LogP contribution in [0.15, 0.2) is 53.0 Å². The van der Waals surface area contributed by atoms with Crippen LogP contribution in [0.1, 0.15) is 18.9 Å². The van der Waals surface area contributed by atoms with Crippen LogP contribution in [0, 0.1) is 0 Å². The molecule has 26 heavy (non-hydrogen) atoms. The maximum atomic E-state index is 12.3. The van der Waals surface area contributed by atoms with Crippen molar-refractivity contribution >= 4 is 38.6 Å². The van der Waals surface area contributed by atoms with Gasteiger partial charge in [0.05, 0.1) is 30.3 Å². The van der Waals surface area contributed by atoms with Gasteiger partial charge in [-0.2, -0.15) is 0 Å². The first-order chi connectivity index (χ1) is 12.7. The molecule has 1 fully saturated rings. The Labute approximate surface area is 160 Å². The highest BCUT2D eigenvalue weighted by molar-refractivity contribution is 9.10. The predicted molar refractivity (Wildman–Crippen MR) is 104 cm³/mol. The summed E-state index contributed by atoms with van der Waals surface area (Å²) in [6.45, 7) is 2.41. The zero-order valence-corrected chi connectivity index (χ0v) is 15.9. The summed E-state index contributed by atoms with van der Waals surface area (Å²) in [5.41, 5.74) is 2.85. The second-order valence-electron chi connectivity index (χ2n) is 6.71. The Morgan fingerprint density at radius 3 is 2.69 bits per heavy atom. The summed E-state index contributed by atoms with van der Waals surface area (Å²) in [6, 6.07) is 16.1. The number of aromatic nitrogens is 3. The first kappa shape index (κ1) is 17.2. The molecule has 2 N–H and O–H groups in total. The van der Waals surface area contributed by atoms with Gasteiger partial charge >= 0.3 is 0 Å². The van der Waals surface area contributed by atoms with Crippen LogP contribution in [0.4, 0.5) is 5.69 Å². The Balaban J connectivity index is 1.34. The average Bonchev–Trinajstić information content (AvgIpc) is 3.08. The van der Waals surface area contributed by atoms with E-state index in [9.17, 15) is 4.79 Å². The maximum absolute atomic E-state index is 12.3. The number of fused-ring (bicyclic) bond motifs is 1. The van der Waals surface area contributed by atoms with E-state index in [1.54, 1.807) is 0 Å². The minimum absolute atomic E-state index is 0.0524. The van der Waals surface area contributed by atoms with Gasteiger partial charge < -0.3 is 10.2 Å². The van der Waals surface area contributed by atoms with Gasteiger partial charge in [-0.05, 0) is 40.2 Å². The number of rotatable bonds is 4. The van der Waals surface area contributed by atoms with Crippen molar-refractivity contribution in [2.24, 2.45) is 0 Å². The molecule has 1 saturated heterocycles. The van der Waals surface area contributed by atoms with Gasteiger partial charge in [-0.25, -0.2) is 4.68 Å². The highest BCUT2D eigenvalue weighted by Gasteiger charge is 2.26. The van der Waals surface area contributed by atoms with Crippen LogP contribution in [0.2, 0.25) is 0 Å². The smallest absolute Gasteiger partial charge is 0.279 e. The Hall–Kier alpha value is -2.25. The third kappa shape index (κ3) is 3.64. The lowest BCUT2D eigenvalue weighted by Gasteiger charge is -2.29. The number of para-hydroxylation sites is 2. The van der Waals surface area contributed by atoms with E-state index in [1.807, 2.05) is 47.1 Å². The molecule has 0 saturated carbocycles. The summed E-state index contributed by atoms with van der Waals surface area (Å²) in [7, 11) is 0. The maximum Gasteiger partial charge on any atom is 0.279 e. The van der Waals surface area contributed by atoms with Crippen molar-refractivity contribution in [2.45, 2.75) is 18.9 Å². The fraction of sp³-hybridized carbons (Fsp3) is 0.316. The molecular weight excluding hydrogens is 394 g/mol. The quantitative estimate of drug-likeness (QED) is 0.686. The second-order valence-corrected chi connectivity index (χ2v) is 7.56. The largest absolute Gasteiger partial charge is 0.327 e. The third-order valence-corrected chi connectivity index (χ3v) is 5.64. The molecular formula is C19H21BrN5O+. The molecule has 0 spiro atoms. The molecule has 0 bridgehead atoms. The first-order valence-electron chi connectivity index (χ1n) is 8.88. The molecule has 1 aliphatic rings. The van der Waals surface area contributed by atoms with Gasteiger partial charge in [-0.1, -0.05) is 29.5 Å². The van der Waals surface area contributed by atoms with Crippen LogP contribution in [0.5, 0.6) is 0 Å². The molecule has 0 atom stereocenters. The van der Waals surface area contributed by atoms with Gasteiger partial charge in [0, 0.05) is 17.3 Å². The van der Waals surface area contributed by atoms with Crippen molar-refractivity contribution in [1.29, 1.82) is 0 Å². The Morgan fingerprint density at radius 2 is 1.88 bits per heavy atom. The average molecular weight is 415 g/mol. The number of likely N-dealkylation sites (tertiary alicyclic amines) is 1. The van der Waals surface area contributed by atoms with Gasteiger partial charge in [0.2, 0.25) is 0 Å². The summed E-state index contributed by atoms with van der Waals surface area (Å²) in [6.07, 6.45) is 2.01. The minimum atomic E-state index is 0.0524. The van der Waals surface area contributed by atoms with Crippen LogP contribution in [0.3, 0.4) is 0 Å². The van der Waals surface area contributed by atoms with Gasteiger partial charge in [-0.3, -0.25) is 4.79 Å². The highest BCUT2D eigenvalue weighted by Crippen LogP contribution is 2.22. The van der Waals surface area contributed by atoms with Crippen molar-refractivity contribution < 1.29 is 9.69 Å². The first-order valence-corrected chi connectivity index (χ1v) is 9.68. The van der Waals surface area contributed by atoms with Crippen LogP contribution in [-0.2, 0) is 4.79 Å². The Morgan fingerprint density at radius 1 is 1.15 bits per heavy atom. The Kier molecular flexibility index (Phi) is 4.99. The van der Waals surface area contributed by atoms with Gasteiger partial charge in [0.15, 0.2) is 6.54 Å². The van der Waals surface area contributed by atoms with E-state index < -0.39 is 0 Å². The number of nitrogens with zero attached hydrogens (tertiary/aromatic N) is 3. The standard InChI is InChI=1S/C19H20BrN5O/c20-15-5-1-2-6-16(15)21-19(26)13-24-11-9-14(10-12-24)25-18-8-4-3-7-17(18)22-23-25/h1-8,14H,9-13H2,(H,21,26)/p+1. The fourth-order valence-electron chi connectivity index (χ4n) is 3.57. The molecule has 2 aromatic carbocycles. The number of amides is 1. The number of carbonyl (C=O) groups is 1. The molecule has 7 heteroatoms. The third-order valence-electron chi connectivity index (χ3n) is 4.94. The van der Waals surface area contributed by atoms with Gasteiger partial charge in [0.1, 0.15) is 5.52 Å². The van der Waals surface area contributed by atoms with Gasteiger partial charge in [0.25, 0.3) is 5.91 Å². The molecule has 1 amide bonds. The number of carbonyl (C=O) groups excluding carboxylic acids is 1. The van der Waals surface area contributed by atoms with E-state index in [0.717, 1.165) is 47.1 Å². The van der Waals surface area contributed by atoms with Crippen molar-refractivity contribution in [3.63, 3.8) is 0 Å². The normalized spacial score (nSPS) is 20.2. The van der Waals surface area contributed by atoms with E-state index in [-0.39, 0.29) is 5.91 Å². The summed E-state index contributed by atoms with van der Waals surface area (Å²) in [5, 5.41) is 11.6. The lowest BCUT2D eigenvalue weighted by molar-refractivity contribution is -0.897. The predicted octanol–water partition coefficient (Wildman–Crippen LogP) is 2.05. The molecule has 3 aromatic rings. The lowest BCUT2D eigenvalue weighted by Crippen LogP contribution is -3.14. The molecule has 6 nitrogen and oxygen atoms in total. The van der Waals surface area contributed by atoms with Crippen LogP contribution in [-0.4, -0.2) is 40.5 Å². The number of hydrogen-bond acceptors (Lipinski definition) is 3. The van der Waals surface area contributed by atoms with Crippen LogP contribution >= 0.6 is 15.9 Å². The van der Waals surface area contributed by atoms with Crippen LogP contribution < -0.4 is 10.2 Å². The van der Waals surface area contributed by atoms with Crippen molar-refractivity contribution in [3.05, 3.63) is 53.0 Å². The molecule has 1 aliphatic heterocycles. The summed E-state index contributed by atoms with van der Waals surface area (Å²) in [5.74, 6) is 0.0524. The molecule has 4 rings (SSSR count). The lowest BCUT2D eigenvalue weighted by atomic mass is 10.0. The van der Waals surface area contributed by atoms with Crippen molar-refractivity contribution in [3.8, 4) is 0 Å². The fourth-order valence-corrected chi connectivity index (χ4v) is 3.96. The van der Waals surface area contributed by atoms with Crippen LogP contribution in [0.25, 0.3) is 11.0 Å². The van der Waals surface area contributed by atoms with Crippen molar-refractivity contribution in [1.82, 2.24) is 15.0 Å². The number of hydrogen-bond donors (Lipinski definition) is 2. The molecule has 0 radical (unpaired) electrons. The zero-order valence-electron chi connectivity index (χ0n) is 14.4. The number of nitrogens with one attached hydrogen (secondary N) is 2. The SMILES string of the molecule is O=C(C[NH+]1CCC(n2nnc3ccccc32)CC1)Nc1ccccc1Br. The van der Waals surface area contributed by atoms with E-state index in [2.05, 4.69) is 37.6 Å². The monoisotopic (exact) mass is 414 g/mol. The molecule has 0 unspecified atom stereocenters. The highest BCUT2D eigenvalue weighted by atomic mass is 79.9. The summed E-state index contributed by atoms with van der Waals surface area (Å²) in [4.78, 5) is 13.7. The summed E-state index contributed by atoms with van der Waals surface area (Å²) >= 11 is 3.46. The van der Waals surface area contributed by atoms with E-state index in [0.29, 0.717) is 12.6 Å². The number of anilines is 1.